The van der Waals surface area contributed by atoms with Crippen molar-refractivity contribution in [2.24, 2.45) is 0 Å². The third-order valence-electron chi connectivity index (χ3n) is 5.41. The Morgan fingerprint density at radius 2 is 2.04 bits per heavy atom. The molecule has 2 fully saturated rings. The molecule has 2 saturated carbocycles. The van der Waals surface area contributed by atoms with Crippen molar-refractivity contribution in [3.8, 4) is 0 Å². The highest BCUT2D eigenvalue weighted by molar-refractivity contribution is 5.81. The Labute approximate surface area is 142 Å². The third-order valence-corrected chi connectivity index (χ3v) is 5.41. The summed E-state index contributed by atoms with van der Waals surface area (Å²) < 4.78 is 2.07. The van der Waals surface area contributed by atoms with E-state index < -0.39 is 5.60 Å². The quantitative estimate of drug-likeness (QED) is 0.918. The van der Waals surface area contributed by atoms with Gasteiger partial charge < -0.3 is 14.6 Å². The van der Waals surface area contributed by atoms with Gasteiger partial charge in [0, 0.05) is 19.5 Å². The lowest BCUT2D eigenvalue weighted by Crippen LogP contribution is -2.43. The average molecular weight is 327 g/mol. The lowest BCUT2D eigenvalue weighted by atomic mass is 10.0. The molecule has 2 aromatic rings. The van der Waals surface area contributed by atoms with Crippen LogP contribution in [0.3, 0.4) is 0 Å². The number of benzene rings is 1. The molecular weight excluding hydrogens is 302 g/mol. The van der Waals surface area contributed by atoms with E-state index >= 15 is 0 Å². The number of nitrogens with zero attached hydrogens (tertiary/aromatic N) is 3. The number of para-hydroxylation sites is 2. The van der Waals surface area contributed by atoms with Crippen molar-refractivity contribution < 1.29 is 9.90 Å². The minimum atomic E-state index is -0.694. The summed E-state index contributed by atoms with van der Waals surface area (Å²) in [5, 5.41) is 10.5. The fourth-order valence-corrected chi connectivity index (χ4v) is 3.89. The van der Waals surface area contributed by atoms with Gasteiger partial charge in [0.25, 0.3) is 0 Å². The molecule has 2 aliphatic rings. The molecule has 1 heterocycles. The Bertz CT molecular complexity index is 757. The number of likely N-dealkylation sites (N-methyl/N-ethyl adjacent to an activating group) is 1. The molecule has 1 aromatic carbocycles. The highest BCUT2D eigenvalue weighted by Gasteiger charge is 2.34. The molecule has 0 bridgehead atoms. The number of carbonyl (C=O) groups excluding carboxylic acids is 1. The summed E-state index contributed by atoms with van der Waals surface area (Å²) in [7, 11) is 1.80. The summed E-state index contributed by atoms with van der Waals surface area (Å²) in [6.07, 6.45) is 6.02. The molecule has 5 heteroatoms. The average Bonchev–Trinajstić information content (AvgIpc) is 3.23. The first-order valence-electron chi connectivity index (χ1n) is 8.97. The SMILES string of the molecule is CN(CC1(O)CCCC1)C(=O)Cn1c(C2CC2)nc2ccccc21. The zero-order valence-electron chi connectivity index (χ0n) is 14.2. The van der Waals surface area contributed by atoms with Gasteiger partial charge in [0.05, 0.1) is 16.6 Å². The summed E-state index contributed by atoms with van der Waals surface area (Å²) in [6, 6.07) is 8.02. The van der Waals surface area contributed by atoms with Crippen LogP contribution in [0.1, 0.15) is 50.3 Å². The molecule has 0 atom stereocenters. The first-order valence-corrected chi connectivity index (χ1v) is 8.97. The molecular formula is C19H25N3O2. The van der Waals surface area contributed by atoms with Crippen molar-refractivity contribution in [3.63, 3.8) is 0 Å². The Hall–Kier alpha value is -1.88. The largest absolute Gasteiger partial charge is 0.388 e. The standard InChI is InChI=1S/C19H25N3O2/c1-21(13-19(24)10-4-5-11-19)17(23)12-22-16-7-3-2-6-15(16)20-18(22)14-8-9-14/h2-3,6-7,14,24H,4-5,8-13H2,1H3. The smallest absolute Gasteiger partial charge is 0.242 e. The van der Waals surface area contributed by atoms with E-state index in [9.17, 15) is 9.90 Å². The monoisotopic (exact) mass is 327 g/mol. The topological polar surface area (TPSA) is 58.4 Å². The van der Waals surface area contributed by atoms with E-state index in [1.165, 1.54) is 0 Å². The van der Waals surface area contributed by atoms with Gasteiger partial charge in [0.2, 0.25) is 5.91 Å². The van der Waals surface area contributed by atoms with Gasteiger partial charge in [-0.05, 0) is 37.8 Å². The van der Waals surface area contributed by atoms with Crippen LogP contribution in [0.15, 0.2) is 24.3 Å². The minimum absolute atomic E-state index is 0.0420. The predicted molar refractivity (Wildman–Crippen MR) is 92.8 cm³/mol. The fourth-order valence-electron chi connectivity index (χ4n) is 3.89. The maximum atomic E-state index is 12.7. The Balaban J connectivity index is 1.55. The second kappa shape index (κ2) is 5.88. The molecule has 5 nitrogen and oxygen atoms in total. The van der Waals surface area contributed by atoms with Crippen molar-refractivity contribution in [3.05, 3.63) is 30.1 Å². The van der Waals surface area contributed by atoms with Crippen LogP contribution in [0.5, 0.6) is 0 Å². The second-order valence-electron chi connectivity index (χ2n) is 7.50. The first-order chi connectivity index (χ1) is 11.6. The van der Waals surface area contributed by atoms with Gasteiger partial charge in [-0.25, -0.2) is 4.98 Å². The predicted octanol–water partition coefficient (Wildman–Crippen LogP) is 2.68. The lowest BCUT2D eigenvalue weighted by Gasteiger charge is -2.29. The van der Waals surface area contributed by atoms with Gasteiger partial charge in [0.15, 0.2) is 0 Å². The van der Waals surface area contributed by atoms with Crippen molar-refractivity contribution in [1.29, 1.82) is 0 Å². The van der Waals surface area contributed by atoms with Gasteiger partial charge in [-0.15, -0.1) is 0 Å². The highest BCUT2D eigenvalue weighted by atomic mass is 16.3. The van der Waals surface area contributed by atoms with Gasteiger partial charge in [-0.3, -0.25) is 4.79 Å². The lowest BCUT2D eigenvalue weighted by molar-refractivity contribution is -0.133. The van der Waals surface area contributed by atoms with Crippen molar-refractivity contribution in [2.45, 2.75) is 56.6 Å². The fraction of sp³-hybridized carbons (Fsp3) is 0.579. The maximum absolute atomic E-state index is 12.7. The van der Waals surface area contributed by atoms with Crippen molar-refractivity contribution in [1.82, 2.24) is 14.5 Å². The van der Waals surface area contributed by atoms with Crippen LogP contribution in [0, 0.1) is 0 Å². The number of hydrogen-bond acceptors (Lipinski definition) is 3. The van der Waals surface area contributed by atoms with Crippen LogP contribution >= 0.6 is 0 Å². The Morgan fingerprint density at radius 3 is 2.75 bits per heavy atom. The number of rotatable bonds is 5. The minimum Gasteiger partial charge on any atom is -0.388 e. The van der Waals surface area contributed by atoms with Crippen LogP contribution in [-0.4, -0.2) is 44.7 Å². The van der Waals surface area contributed by atoms with Crippen LogP contribution in [0.2, 0.25) is 0 Å². The molecule has 0 saturated heterocycles. The molecule has 0 unspecified atom stereocenters. The zero-order chi connectivity index (χ0) is 16.7. The number of carbonyl (C=O) groups is 1. The molecule has 1 N–H and O–H groups in total. The van der Waals surface area contributed by atoms with Gasteiger partial charge in [0.1, 0.15) is 12.4 Å². The molecule has 2 aliphatic carbocycles. The molecule has 4 rings (SSSR count). The first kappa shape index (κ1) is 15.6. The number of imidazole rings is 1. The van der Waals surface area contributed by atoms with Gasteiger partial charge in [-0.1, -0.05) is 25.0 Å². The van der Waals surface area contributed by atoms with E-state index in [2.05, 4.69) is 4.57 Å². The Kier molecular flexibility index (Phi) is 3.83. The van der Waals surface area contributed by atoms with E-state index in [0.29, 0.717) is 19.0 Å². The number of hydrogen-bond donors (Lipinski definition) is 1. The van der Waals surface area contributed by atoms with Crippen LogP contribution in [0.25, 0.3) is 11.0 Å². The summed E-state index contributed by atoms with van der Waals surface area (Å²) in [5.74, 6) is 1.58. The van der Waals surface area contributed by atoms with E-state index in [4.69, 9.17) is 4.98 Å². The molecule has 1 amide bonds. The summed E-state index contributed by atoms with van der Waals surface area (Å²) in [5.41, 5.74) is 1.30. The molecule has 24 heavy (non-hydrogen) atoms. The third kappa shape index (κ3) is 2.93. The van der Waals surface area contributed by atoms with Gasteiger partial charge in [-0.2, -0.15) is 0 Å². The number of aliphatic hydroxyl groups is 1. The summed E-state index contributed by atoms with van der Waals surface area (Å²) in [6.45, 7) is 0.732. The zero-order valence-corrected chi connectivity index (χ0v) is 14.2. The van der Waals surface area contributed by atoms with Crippen molar-refractivity contribution >= 4 is 16.9 Å². The number of amides is 1. The second-order valence-corrected chi connectivity index (χ2v) is 7.50. The van der Waals surface area contributed by atoms with Crippen LogP contribution < -0.4 is 0 Å². The number of aromatic nitrogens is 2. The molecule has 0 aliphatic heterocycles. The van der Waals surface area contributed by atoms with Crippen LogP contribution in [0.4, 0.5) is 0 Å². The van der Waals surface area contributed by atoms with Gasteiger partial charge >= 0.3 is 0 Å². The Morgan fingerprint density at radius 1 is 1.33 bits per heavy atom. The highest BCUT2D eigenvalue weighted by Crippen LogP contribution is 2.40. The van der Waals surface area contributed by atoms with Crippen molar-refractivity contribution in [2.75, 3.05) is 13.6 Å². The van der Waals surface area contributed by atoms with E-state index in [1.807, 2.05) is 24.3 Å². The summed E-state index contributed by atoms with van der Waals surface area (Å²) in [4.78, 5) is 19.2. The molecule has 0 spiro atoms. The van der Waals surface area contributed by atoms with Crippen LogP contribution in [-0.2, 0) is 11.3 Å². The molecule has 0 radical (unpaired) electrons. The summed E-state index contributed by atoms with van der Waals surface area (Å²) >= 11 is 0. The molecule has 128 valence electrons. The number of fused-ring (bicyclic) bond motifs is 1. The maximum Gasteiger partial charge on any atom is 0.242 e. The molecule has 1 aromatic heterocycles. The normalized spacial score (nSPS) is 19.8. The van der Waals surface area contributed by atoms with E-state index in [0.717, 1.165) is 55.4 Å². The van der Waals surface area contributed by atoms with E-state index in [1.54, 1.807) is 11.9 Å². The van der Waals surface area contributed by atoms with E-state index in [-0.39, 0.29) is 5.91 Å².